The fraction of sp³-hybridized carbons (Fsp3) is 0.500. The Labute approximate surface area is 107 Å². The van der Waals surface area contributed by atoms with E-state index >= 15 is 0 Å². The fourth-order valence-electron chi connectivity index (χ4n) is 1.94. The molecule has 1 aromatic rings. The third-order valence-corrected chi connectivity index (χ3v) is 3.19. The van der Waals surface area contributed by atoms with Gasteiger partial charge in [-0.2, -0.15) is 0 Å². The summed E-state index contributed by atoms with van der Waals surface area (Å²) in [6, 6.07) is -0.643. The molecule has 0 radical (unpaired) electrons. The summed E-state index contributed by atoms with van der Waals surface area (Å²) in [7, 11) is 0. The number of ether oxygens (including phenoxy) is 1. The maximum absolute atomic E-state index is 11.8. The van der Waals surface area contributed by atoms with Gasteiger partial charge in [0.1, 0.15) is 6.04 Å². The molecule has 0 aromatic carbocycles. The van der Waals surface area contributed by atoms with Crippen molar-refractivity contribution in [2.24, 2.45) is 0 Å². The van der Waals surface area contributed by atoms with Gasteiger partial charge < -0.3 is 4.74 Å². The number of carbonyl (C=O) groups excluding carboxylic acids is 1. The highest BCUT2D eigenvalue weighted by atomic mass is 35.5. The molecule has 92 valence electrons. The molecule has 7 heteroatoms. The first-order valence-corrected chi connectivity index (χ1v) is 5.95. The van der Waals surface area contributed by atoms with Gasteiger partial charge in [-0.25, -0.2) is 9.78 Å². The van der Waals surface area contributed by atoms with E-state index in [1.165, 1.54) is 4.57 Å². The Morgan fingerprint density at radius 2 is 2.24 bits per heavy atom. The average Bonchev–Trinajstić information content (AvgIpc) is 2.71. The number of halogens is 2. The first-order valence-electron chi connectivity index (χ1n) is 5.19. The average molecular weight is 277 g/mol. The Hall–Kier alpha value is -1.07. The molecule has 17 heavy (non-hydrogen) atoms. The number of nitrogens with zero attached hydrogens (tertiary/aromatic N) is 2. The highest BCUT2D eigenvalue weighted by molar-refractivity contribution is 6.32. The van der Waals surface area contributed by atoms with E-state index in [4.69, 9.17) is 27.9 Å². The molecule has 1 atom stereocenters. The molecule has 0 saturated heterocycles. The van der Waals surface area contributed by atoms with Crippen LogP contribution in [0.1, 0.15) is 25.1 Å². The number of rotatable bonds is 2. The van der Waals surface area contributed by atoms with Gasteiger partial charge >= 0.3 is 5.97 Å². The molecule has 0 N–H and O–H groups in total. The third-order valence-electron chi connectivity index (χ3n) is 2.65. The van der Waals surface area contributed by atoms with Crippen LogP contribution in [-0.2, 0) is 16.0 Å². The zero-order valence-electron chi connectivity index (χ0n) is 9.07. The normalized spacial score (nSPS) is 17.9. The Morgan fingerprint density at radius 1 is 1.53 bits per heavy atom. The van der Waals surface area contributed by atoms with Crippen LogP contribution >= 0.6 is 23.2 Å². The van der Waals surface area contributed by atoms with Gasteiger partial charge in [-0.15, -0.1) is 0 Å². The van der Waals surface area contributed by atoms with Crippen molar-refractivity contribution in [2.75, 3.05) is 6.61 Å². The summed E-state index contributed by atoms with van der Waals surface area (Å²) in [5.41, 5.74) is 0.0424. The second-order valence-corrected chi connectivity index (χ2v) is 4.34. The van der Waals surface area contributed by atoms with E-state index in [0.717, 1.165) is 0 Å². The highest BCUT2D eigenvalue weighted by Gasteiger charge is 2.33. The summed E-state index contributed by atoms with van der Waals surface area (Å²) in [6.45, 7) is 1.98. The first-order chi connectivity index (χ1) is 8.06. The molecule has 1 aromatic heterocycles. The minimum Gasteiger partial charge on any atom is -0.464 e. The standard InChI is InChI=1S/C10H10Cl2N2O3/c1-2-17-10(16)6-4-3-5-7(11)13-8(12)9(15)14(5)6/h6H,2-4H2,1H3/t6-/m0/s1. The summed E-state index contributed by atoms with van der Waals surface area (Å²) in [5, 5.41) is -0.0589. The predicted octanol–water partition coefficient (Wildman–Crippen LogP) is 1.60. The molecule has 2 rings (SSSR count). The van der Waals surface area contributed by atoms with E-state index in [-0.39, 0.29) is 16.9 Å². The van der Waals surface area contributed by atoms with Gasteiger partial charge in [-0.3, -0.25) is 9.36 Å². The molecule has 0 unspecified atom stereocenters. The molecule has 0 bridgehead atoms. The second-order valence-electron chi connectivity index (χ2n) is 3.62. The fourth-order valence-corrected chi connectivity index (χ4v) is 2.43. The van der Waals surface area contributed by atoms with Crippen LogP contribution < -0.4 is 5.56 Å². The zero-order chi connectivity index (χ0) is 12.6. The van der Waals surface area contributed by atoms with Gasteiger partial charge in [-0.05, 0) is 19.8 Å². The minimum absolute atomic E-state index is 0.168. The van der Waals surface area contributed by atoms with Crippen molar-refractivity contribution >= 4 is 29.2 Å². The van der Waals surface area contributed by atoms with Crippen LogP contribution in [0, 0.1) is 0 Å². The van der Waals surface area contributed by atoms with E-state index in [1.807, 2.05) is 0 Å². The molecule has 1 aliphatic rings. The third kappa shape index (κ3) is 2.05. The molecule has 0 spiro atoms. The Balaban J connectivity index is 2.50. The lowest BCUT2D eigenvalue weighted by Crippen LogP contribution is -2.30. The summed E-state index contributed by atoms with van der Waals surface area (Å²) in [5.74, 6) is -0.438. The van der Waals surface area contributed by atoms with Crippen molar-refractivity contribution in [1.29, 1.82) is 0 Å². The quantitative estimate of drug-likeness (QED) is 0.770. The smallest absolute Gasteiger partial charge is 0.329 e. The van der Waals surface area contributed by atoms with E-state index in [0.29, 0.717) is 18.5 Å². The molecule has 0 fully saturated rings. The molecular formula is C10H10Cl2N2O3. The summed E-state index contributed by atoms with van der Waals surface area (Å²) in [6.07, 6.45) is 0.998. The molecule has 0 aliphatic carbocycles. The largest absolute Gasteiger partial charge is 0.464 e. The minimum atomic E-state index is -0.643. The van der Waals surface area contributed by atoms with Gasteiger partial charge in [0.15, 0.2) is 10.3 Å². The van der Waals surface area contributed by atoms with E-state index in [9.17, 15) is 9.59 Å². The molecule has 1 aliphatic heterocycles. The summed E-state index contributed by atoms with van der Waals surface area (Å²) < 4.78 is 6.20. The molecular weight excluding hydrogens is 267 g/mol. The maximum atomic E-state index is 11.8. The number of fused-ring (bicyclic) bond motifs is 1. The van der Waals surface area contributed by atoms with Crippen molar-refractivity contribution in [1.82, 2.24) is 9.55 Å². The molecule has 0 amide bonds. The van der Waals surface area contributed by atoms with Gasteiger partial charge in [-0.1, -0.05) is 23.2 Å². The SMILES string of the molecule is CCOC(=O)[C@@H]1CCc2c(Cl)nc(Cl)c(=O)n21. The molecule has 2 heterocycles. The van der Waals surface area contributed by atoms with Crippen molar-refractivity contribution in [3.05, 3.63) is 26.4 Å². The van der Waals surface area contributed by atoms with Crippen LogP contribution in [0.2, 0.25) is 10.3 Å². The number of aromatic nitrogens is 2. The van der Waals surface area contributed by atoms with Gasteiger partial charge in [0.25, 0.3) is 5.56 Å². The van der Waals surface area contributed by atoms with Crippen LogP contribution in [0.15, 0.2) is 4.79 Å². The van der Waals surface area contributed by atoms with Gasteiger partial charge in [0, 0.05) is 0 Å². The van der Waals surface area contributed by atoms with Crippen LogP contribution in [0.25, 0.3) is 0 Å². The maximum Gasteiger partial charge on any atom is 0.329 e. The van der Waals surface area contributed by atoms with Crippen molar-refractivity contribution in [3.63, 3.8) is 0 Å². The zero-order valence-corrected chi connectivity index (χ0v) is 10.6. The number of hydrogen-bond donors (Lipinski definition) is 0. The summed E-state index contributed by atoms with van der Waals surface area (Å²) >= 11 is 11.6. The van der Waals surface area contributed by atoms with E-state index in [1.54, 1.807) is 6.92 Å². The van der Waals surface area contributed by atoms with Crippen LogP contribution in [0.5, 0.6) is 0 Å². The van der Waals surface area contributed by atoms with Crippen molar-refractivity contribution < 1.29 is 9.53 Å². The predicted molar refractivity (Wildman–Crippen MR) is 62.5 cm³/mol. The number of esters is 1. The van der Waals surface area contributed by atoms with Gasteiger partial charge in [0.05, 0.1) is 12.3 Å². The molecule has 0 saturated carbocycles. The molecule has 5 nitrogen and oxygen atoms in total. The Bertz CT molecular complexity index is 527. The number of hydrogen-bond acceptors (Lipinski definition) is 4. The second kappa shape index (κ2) is 4.66. The van der Waals surface area contributed by atoms with E-state index in [2.05, 4.69) is 4.98 Å². The van der Waals surface area contributed by atoms with Gasteiger partial charge in [0.2, 0.25) is 0 Å². The van der Waals surface area contributed by atoms with Crippen LogP contribution in [-0.4, -0.2) is 22.1 Å². The Kier molecular flexibility index (Phi) is 3.40. The highest BCUT2D eigenvalue weighted by Crippen LogP contribution is 2.29. The lowest BCUT2D eigenvalue weighted by Gasteiger charge is -2.13. The lowest BCUT2D eigenvalue weighted by atomic mass is 10.2. The summed E-state index contributed by atoms with van der Waals surface area (Å²) in [4.78, 5) is 27.3. The lowest BCUT2D eigenvalue weighted by molar-refractivity contribution is -0.147. The van der Waals surface area contributed by atoms with Crippen LogP contribution in [0.4, 0.5) is 0 Å². The van der Waals surface area contributed by atoms with E-state index < -0.39 is 17.6 Å². The monoisotopic (exact) mass is 276 g/mol. The number of carbonyl (C=O) groups is 1. The Morgan fingerprint density at radius 3 is 2.88 bits per heavy atom. The van der Waals surface area contributed by atoms with Crippen molar-refractivity contribution in [3.8, 4) is 0 Å². The topological polar surface area (TPSA) is 61.2 Å². The van der Waals surface area contributed by atoms with Crippen molar-refractivity contribution in [2.45, 2.75) is 25.8 Å². The van der Waals surface area contributed by atoms with Crippen LogP contribution in [0.3, 0.4) is 0 Å². The first kappa shape index (κ1) is 12.4.